The van der Waals surface area contributed by atoms with Crippen LogP contribution in [0.3, 0.4) is 0 Å². The molecule has 0 aromatic heterocycles. The predicted molar refractivity (Wildman–Crippen MR) is 188 cm³/mol. The van der Waals surface area contributed by atoms with Gasteiger partial charge in [-0.1, -0.05) is 85.0 Å². The van der Waals surface area contributed by atoms with Crippen LogP contribution < -0.4 is 10.2 Å². The Hall–Kier alpha value is -4.80. The standard InChI is InChI=1S/C40H43N3O7/c1-26-35(28-14-5-2-6-15-28)49-39(48)33-31-20-21-40(50-31)34(33)37(46)43(23-11-4-12-24-44)36(40)38(47)42(22-10-3-7-17-32(45)41-26)30-19-18-27-13-8-9-16-29(27)25-30/h2-3,5-6,8-10,13-16,18-21,25-26,31,33-36,44H,4,7,11-12,17,22-24H2,1H3,(H,41,45)/b10-3-/t26-,31+,33-,34-,35+,36+,40-/m1/s1. The summed E-state index contributed by atoms with van der Waals surface area (Å²) in [6.07, 6.45) is 8.26. The van der Waals surface area contributed by atoms with Crippen molar-refractivity contribution in [1.82, 2.24) is 10.2 Å². The minimum atomic E-state index is -1.37. The third-order valence-electron chi connectivity index (χ3n) is 10.5. The molecule has 2 fully saturated rings. The van der Waals surface area contributed by atoms with Gasteiger partial charge in [-0.15, -0.1) is 0 Å². The first-order valence-electron chi connectivity index (χ1n) is 17.6. The highest BCUT2D eigenvalue weighted by molar-refractivity contribution is 6.06. The normalized spacial score (nSPS) is 30.4. The van der Waals surface area contributed by atoms with Crippen LogP contribution >= 0.6 is 0 Å². The Labute approximate surface area is 291 Å². The Kier molecular flexibility index (Phi) is 9.57. The van der Waals surface area contributed by atoms with E-state index in [1.165, 1.54) is 0 Å². The van der Waals surface area contributed by atoms with E-state index in [2.05, 4.69) is 5.32 Å². The number of nitrogens with one attached hydrogen (secondary N) is 1. The van der Waals surface area contributed by atoms with Crippen molar-refractivity contribution in [3.8, 4) is 0 Å². The summed E-state index contributed by atoms with van der Waals surface area (Å²) in [6, 6.07) is 21.4. The molecule has 0 radical (unpaired) electrons. The van der Waals surface area contributed by atoms with E-state index in [4.69, 9.17) is 9.47 Å². The molecule has 10 nitrogen and oxygen atoms in total. The van der Waals surface area contributed by atoms with Gasteiger partial charge in [0.2, 0.25) is 11.8 Å². The van der Waals surface area contributed by atoms with Crippen LogP contribution in [0.1, 0.15) is 50.7 Å². The fraction of sp³-hybridized carbons (Fsp3) is 0.400. The fourth-order valence-corrected chi connectivity index (χ4v) is 8.06. The maximum Gasteiger partial charge on any atom is 0.313 e. The van der Waals surface area contributed by atoms with E-state index < -0.39 is 47.7 Å². The van der Waals surface area contributed by atoms with Crippen molar-refractivity contribution in [2.75, 3.05) is 24.6 Å². The van der Waals surface area contributed by atoms with Crippen molar-refractivity contribution in [2.24, 2.45) is 11.8 Å². The molecule has 7 atom stereocenters. The number of rotatable bonds is 7. The molecule has 2 saturated heterocycles. The Bertz CT molecular complexity index is 1830. The molecule has 3 aromatic carbocycles. The van der Waals surface area contributed by atoms with Crippen LogP contribution in [0.25, 0.3) is 10.8 Å². The molecule has 3 amide bonds. The molecule has 4 aliphatic rings. The Morgan fingerprint density at radius 1 is 0.900 bits per heavy atom. The van der Waals surface area contributed by atoms with E-state index in [1.54, 1.807) is 28.9 Å². The summed E-state index contributed by atoms with van der Waals surface area (Å²) in [4.78, 5) is 60.3. The number of ether oxygens (including phenoxy) is 2. The fourth-order valence-electron chi connectivity index (χ4n) is 8.06. The van der Waals surface area contributed by atoms with E-state index in [0.29, 0.717) is 36.9 Å². The summed E-state index contributed by atoms with van der Waals surface area (Å²) < 4.78 is 12.8. The van der Waals surface area contributed by atoms with E-state index in [0.717, 1.165) is 10.8 Å². The molecule has 0 unspecified atom stereocenters. The third kappa shape index (κ3) is 6.11. The summed E-state index contributed by atoms with van der Waals surface area (Å²) in [6.45, 7) is 2.31. The molecule has 7 rings (SSSR count). The average Bonchev–Trinajstić information content (AvgIpc) is 3.77. The number of cyclic esters (lactones) is 1. The van der Waals surface area contributed by atoms with Gasteiger partial charge in [0.1, 0.15) is 23.7 Å². The first-order chi connectivity index (χ1) is 24.3. The molecular formula is C40H43N3O7. The van der Waals surface area contributed by atoms with E-state index >= 15 is 4.79 Å². The number of esters is 1. The summed E-state index contributed by atoms with van der Waals surface area (Å²) >= 11 is 0. The second-order valence-electron chi connectivity index (χ2n) is 13.6. The Balaban J connectivity index is 1.31. The number of carbonyl (C=O) groups is 4. The minimum Gasteiger partial charge on any atom is -0.455 e. The van der Waals surface area contributed by atoms with Crippen molar-refractivity contribution in [1.29, 1.82) is 0 Å². The topological polar surface area (TPSA) is 125 Å². The second kappa shape index (κ2) is 14.2. The number of aliphatic hydroxyl groups is 1. The SMILES string of the molecule is C[C@H]1NC(=O)CC/C=C\CN(c2ccc3ccccc3c2)C(=O)[C@@H]2N(CCCCCO)C(=O)[C@H]3[C@H](C(=O)O[C@@H]1c1ccccc1)[C@@H]1C=C[C@]23O1. The largest absolute Gasteiger partial charge is 0.455 e. The molecule has 3 aromatic rings. The number of anilines is 1. The zero-order valence-electron chi connectivity index (χ0n) is 28.1. The highest BCUT2D eigenvalue weighted by Gasteiger charge is 2.73. The number of hydrogen-bond acceptors (Lipinski definition) is 7. The van der Waals surface area contributed by atoms with Crippen LogP contribution in [-0.4, -0.2) is 77.2 Å². The maximum atomic E-state index is 15.1. The van der Waals surface area contributed by atoms with E-state index in [1.807, 2.05) is 84.9 Å². The lowest BCUT2D eigenvalue weighted by molar-refractivity contribution is -0.161. The number of allylic oxidation sites excluding steroid dienone is 1. The number of carbonyl (C=O) groups excluding carboxylic acids is 4. The molecular weight excluding hydrogens is 634 g/mol. The van der Waals surface area contributed by atoms with Crippen LogP contribution in [0, 0.1) is 11.8 Å². The maximum absolute atomic E-state index is 15.1. The van der Waals surface area contributed by atoms with Crippen molar-refractivity contribution in [3.05, 3.63) is 103 Å². The summed E-state index contributed by atoms with van der Waals surface area (Å²) in [5.41, 5.74) is 0.00520. The summed E-state index contributed by atoms with van der Waals surface area (Å²) in [5.74, 6) is -3.40. The first-order valence-corrected chi connectivity index (χ1v) is 17.6. The van der Waals surface area contributed by atoms with Gasteiger partial charge >= 0.3 is 5.97 Å². The van der Waals surface area contributed by atoms with Gasteiger partial charge in [0.25, 0.3) is 5.91 Å². The number of unbranched alkanes of at least 4 members (excludes halogenated alkanes) is 2. The smallest absolute Gasteiger partial charge is 0.313 e. The van der Waals surface area contributed by atoms with Crippen molar-refractivity contribution < 1.29 is 33.8 Å². The Morgan fingerprint density at radius 2 is 1.68 bits per heavy atom. The average molecular weight is 678 g/mol. The molecule has 1 spiro atoms. The summed E-state index contributed by atoms with van der Waals surface area (Å²) in [5, 5.41) is 14.4. The van der Waals surface area contributed by atoms with Crippen molar-refractivity contribution in [3.63, 3.8) is 0 Å². The molecule has 2 N–H and O–H groups in total. The third-order valence-corrected chi connectivity index (χ3v) is 10.5. The molecule has 5 bridgehead atoms. The van der Waals surface area contributed by atoms with Crippen LogP contribution in [0.15, 0.2) is 97.1 Å². The zero-order chi connectivity index (χ0) is 34.8. The number of nitrogens with zero attached hydrogens (tertiary/aromatic N) is 2. The van der Waals surface area contributed by atoms with Gasteiger partial charge in [0, 0.05) is 31.8 Å². The van der Waals surface area contributed by atoms with Crippen LogP contribution in [-0.2, 0) is 28.7 Å². The van der Waals surface area contributed by atoms with E-state index in [9.17, 15) is 19.5 Å². The number of benzene rings is 3. The quantitative estimate of drug-likeness (QED) is 0.212. The number of hydrogen-bond donors (Lipinski definition) is 2. The molecule has 0 saturated carbocycles. The van der Waals surface area contributed by atoms with Crippen molar-refractivity contribution >= 4 is 40.2 Å². The van der Waals surface area contributed by atoms with Gasteiger partial charge in [-0.2, -0.15) is 0 Å². The lowest BCUT2D eigenvalue weighted by Crippen LogP contribution is -2.56. The predicted octanol–water partition coefficient (Wildman–Crippen LogP) is 4.63. The number of amides is 3. The van der Waals surface area contributed by atoms with Gasteiger partial charge in [0.15, 0.2) is 0 Å². The monoisotopic (exact) mass is 677 g/mol. The molecule has 260 valence electrons. The highest BCUT2D eigenvalue weighted by Crippen LogP contribution is 2.56. The summed E-state index contributed by atoms with van der Waals surface area (Å²) in [7, 11) is 0. The van der Waals surface area contributed by atoms with E-state index in [-0.39, 0.29) is 43.8 Å². The minimum absolute atomic E-state index is 0.0356. The van der Waals surface area contributed by atoms with Crippen LogP contribution in [0.2, 0.25) is 0 Å². The molecule has 10 heteroatoms. The van der Waals surface area contributed by atoms with Gasteiger partial charge in [-0.25, -0.2) is 0 Å². The van der Waals surface area contributed by atoms with Gasteiger partial charge < -0.3 is 29.7 Å². The molecule has 0 aliphatic carbocycles. The van der Waals surface area contributed by atoms with Crippen molar-refractivity contribution in [2.45, 2.75) is 68.9 Å². The molecule has 4 aliphatic heterocycles. The van der Waals surface area contributed by atoms with Gasteiger partial charge in [0.05, 0.1) is 18.1 Å². The number of aliphatic hydroxyl groups excluding tert-OH is 1. The first kappa shape index (κ1) is 33.7. The molecule has 4 heterocycles. The lowest BCUT2D eigenvalue weighted by Gasteiger charge is -2.36. The highest BCUT2D eigenvalue weighted by atomic mass is 16.6. The van der Waals surface area contributed by atoms with Gasteiger partial charge in [-0.05, 0) is 61.1 Å². The lowest BCUT2D eigenvalue weighted by atomic mass is 9.74. The van der Waals surface area contributed by atoms with Gasteiger partial charge in [-0.3, -0.25) is 19.2 Å². The van der Waals surface area contributed by atoms with Crippen LogP contribution in [0.5, 0.6) is 0 Å². The molecule has 50 heavy (non-hydrogen) atoms. The second-order valence-corrected chi connectivity index (χ2v) is 13.6. The van der Waals surface area contributed by atoms with Crippen LogP contribution in [0.4, 0.5) is 5.69 Å². The zero-order valence-corrected chi connectivity index (χ0v) is 28.1. The number of likely N-dealkylation sites (tertiary alicyclic amines) is 1. The Morgan fingerprint density at radius 3 is 2.48 bits per heavy atom. The number of fused-ring (bicyclic) bond motifs is 3.